The van der Waals surface area contributed by atoms with E-state index in [0.29, 0.717) is 31.9 Å². The number of hydrogen-bond acceptors (Lipinski definition) is 6. The predicted octanol–water partition coefficient (Wildman–Crippen LogP) is 1.32. The van der Waals surface area contributed by atoms with Crippen LogP contribution in [-0.2, 0) is 0 Å². The van der Waals surface area contributed by atoms with E-state index < -0.39 is 0 Å². The third kappa shape index (κ3) is 3.15. The third-order valence-electron chi connectivity index (χ3n) is 4.28. The van der Waals surface area contributed by atoms with E-state index in [1.807, 2.05) is 13.8 Å². The Bertz CT molecular complexity index is 823. The molecule has 0 atom stereocenters. The van der Waals surface area contributed by atoms with Crippen molar-refractivity contribution in [3.8, 4) is 0 Å². The molecule has 3 rings (SSSR count). The van der Waals surface area contributed by atoms with E-state index in [0.717, 1.165) is 17.1 Å². The van der Waals surface area contributed by atoms with Crippen LogP contribution >= 0.6 is 0 Å². The fourth-order valence-electron chi connectivity index (χ4n) is 2.83. The molecule has 0 aliphatic carbocycles. The summed E-state index contributed by atoms with van der Waals surface area (Å²) in [6.45, 7) is 8.09. The minimum atomic E-state index is -0.244. The number of hydrogen-bond donors (Lipinski definition) is 0. The molecule has 1 fully saturated rings. The van der Waals surface area contributed by atoms with Gasteiger partial charge in [0.15, 0.2) is 11.2 Å². The first kappa shape index (κ1) is 16.2. The zero-order valence-corrected chi connectivity index (χ0v) is 14.1. The van der Waals surface area contributed by atoms with Gasteiger partial charge in [-0.15, -0.1) is 0 Å². The van der Waals surface area contributed by atoms with E-state index in [1.165, 1.54) is 12.1 Å². The van der Waals surface area contributed by atoms with E-state index in [2.05, 4.69) is 14.9 Å². The standard InChI is InChI=1S/C17H20N4O3/c1-11-8-14(22)9-15(24-11)17(23)21-6-4-20(5-7-21)16-12(2)13(3)18-10-19-16/h8-10H,4-7H2,1-3H3. The van der Waals surface area contributed by atoms with Crippen LogP contribution in [0.5, 0.6) is 0 Å². The lowest BCUT2D eigenvalue weighted by Gasteiger charge is -2.35. The zero-order chi connectivity index (χ0) is 17.3. The highest BCUT2D eigenvalue weighted by atomic mass is 16.3. The summed E-state index contributed by atoms with van der Waals surface area (Å²) in [5.41, 5.74) is 1.80. The summed E-state index contributed by atoms with van der Waals surface area (Å²) in [5, 5.41) is 0. The Morgan fingerprint density at radius 1 is 1.08 bits per heavy atom. The Kier molecular flexibility index (Phi) is 4.33. The van der Waals surface area contributed by atoms with Gasteiger partial charge in [0.1, 0.15) is 17.9 Å². The Labute approximate surface area is 139 Å². The molecule has 1 aliphatic rings. The van der Waals surface area contributed by atoms with Crippen molar-refractivity contribution in [2.45, 2.75) is 20.8 Å². The Morgan fingerprint density at radius 2 is 1.79 bits per heavy atom. The number of anilines is 1. The first-order valence-electron chi connectivity index (χ1n) is 7.90. The largest absolute Gasteiger partial charge is 0.456 e. The van der Waals surface area contributed by atoms with Crippen molar-refractivity contribution in [2.24, 2.45) is 0 Å². The van der Waals surface area contributed by atoms with Crippen LogP contribution in [0.1, 0.15) is 27.6 Å². The fourth-order valence-corrected chi connectivity index (χ4v) is 2.83. The highest BCUT2D eigenvalue weighted by Crippen LogP contribution is 2.20. The molecule has 0 spiro atoms. The quantitative estimate of drug-likeness (QED) is 0.827. The summed E-state index contributed by atoms with van der Waals surface area (Å²) in [6.07, 6.45) is 1.57. The maximum absolute atomic E-state index is 12.5. The van der Waals surface area contributed by atoms with Gasteiger partial charge in [-0.3, -0.25) is 9.59 Å². The van der Waals surface area contributed by atoms with Crippen LogP contribution in [0.4, 0.5) is 5.82 Å². The molecule has 2 aromatic rings. The summed E-state index contributed by atoms with van der Waals surface area (Å²) in [7, 11) is 0. The molecule has 24 heavy (non-hydrogen) atoms. The SMILES string of the molecule is Cc1cc(=O)cc(C(=O)N2CCN(c3ncnc(C)c3C)CC2)o1. The Balaban J connectivity index is 1.72. The monoisotopic (exact) mass is 328 g/mol. The lowest BCUT2D eigenvalue weighted by Crippen LogP contribution is -2.49. The summed E-state index contributed by atoms with van der Waals surface area (Å²) in [4.78, 5) is 36.5. The molecule has 7 nitrogen and oxygen atoms in total. The number of piperazine rings is 1. The maximum atomic E-state index is 12.5. The van der Waals surface area contributed by atoms with Crippen LogP contribution in [0.2, 0.25) is 0 Å². The number of aromatic nitrogens is 2. The highest BCUT2D eigenvalue weighted by Gasteiger charge is 2.25. The summed E-state index contributed by atoms with van der Waals surface area (Å²) in [6, 6.07) is 2.62. The predicted molar refractivity (Wildman–Crippen MR) is 89.3 cm³/mol. The van der Waals surface area contributed by atoms with Gasteiger partial charge in [-0.2, -0.15) is 0 Å². The van der Waals surface area contributed by atoms with E-state index in [4.69, 9.17) is 4.42 Å². The van der Waals surface area contributed by atoms with Crippen molar-refractivity contribution in [3.05, 3.63) is 51.5 Å². The van der Waals surface area contributed by atoms with Gasteiger partial charge in [-0.05, 0) is 20.8 Å². The molecule has 2 aromatic heterocycles. The van der Waals surface area contributed by atoms with Crippen molar-refractivity contribution in [1.29, 1.82) is 0 Å². The first-order chi connectivity index (χ1) is 11.5. The van der Waals surface area contributed by atoms with Crippen LogP contribution < -0.4 is 10.3 Å². The summed E-state index contributed by atoms with van der Waals surface area (Å²) >= 11 is 0. The van der Waals surface area contributed by atoms with Crippen molar-refractivity contribution >= 4 is 11.7 Å². The average molecular weight is 328 g/mol. The second-order valence-corrected chi connectivity index (χ2v) is 5.95. The topological polar surface area (TPSA) is 79.5 Å². The molecule has 1 amide bonds. The van der Waals surface area contributed by atoms with Gasteiger partial charge in [0, 0.05) is 49.6 Å². The third-order valence-corrected chi connectivity index (χ3v) is 4.28. The van der Waals surface area contributed by atoms with E-state index in [9.17, 15) is 9.59 Å². The smallest absolute Gasteiger partial charge is 0.289 e. The minimum absolute atomic E-state index is 0.0995. The second kappa shape index (κ2) is 6.43. The highest BCUT2D eigenvalue weighted by molar-refractivity contribution is 5.91. The van der Waals surface area contributed by atoms with Gasteiger partial charge in [0.2, 0.25) is 0 Å². The van der Waals surface area contributed by atoms with Crippen LogP contribution in [-0.4, -0.2) is 47.0 Å². The van der Waals surface area contributed by atoms with Crippen molar-refractivity contribution in [1.82, 2.24) is 14.9 Å². The van der Waals surface area contributed by atoms with Crippen LogP contribution in [0.15, 0.2) is 27.7 Å². The van der Waals surface area contributed by atoms with Gasteiger partial charge in [0.05, 0.1) is 0 Å². The van der Waals surface area contributed by atoms with E-state index >= 15 is 0 Å². The zero-order valence-electron chi connectivity index (χ0n) is 14.1. The molecule has 0 aromatic carbocycles. The van der Waals surface area contributed by atoms with Crippen LogP contribution in [0.25, 0.3) is 0 Å². The number of carbonyl (C=O) groups is 1. The van der Waals surface area contributed by atoms with Gasteiger partial charge >= 0.3 is 0 Å². The number of rotatable bonds is 2. The normalized spacial score (nSPS) is 14.8. The van der Waals surface area contributed by atoms with Gasteiger partial charge in [0.25, 0.3) is 5.91 Å². The molecule has 126 valence electrons. The molecule has 1 saturated heterocycles. The number of amides is 1. The molecular formula is C17H20N4O3. The van der Waals surface area contributed by atoms with Crippen LogP contribution in [0, 0.1) is 20.8 Å². The second-order valence-electron chi connectivity index (χ2n) is 5.95. The number of aryl methyl sites for hydroxylation is 2. The van der Waals surface area contributed by atoms with Gasteiger partial charge in [-0.25, -0.2) is 9.97 Å². The molecule has 7 heteroatoms. The molecule has 3 heterocycles. The maximum Gasteiger partial charge on any atom is 0.289 e. The minimum Gasteiger partial charge on any atom is -0.456 e. The van der Waals surface area contributed by atoms with Crippen LogP contribution in [0.3, 0.4) is 0 Å². The first-order valence-corrected chi connectivity index (χ1v) is 7.90. The fraction of sp³-hybridized carbons (Fsp3) is 0.412. The molecular weight excluding hydrogens is 308 g/mol. The molecule has 1 aliphatic heterocycles. The lowest BCUT2D eigenvalue weighted by atomic mass is 10.2. The molecule has 0 bridgehead atoms. The van der Waals surface area contributed by atoms with Gasteiger partial charge in [-0.1, -0.05) is 0 Å². The van der Waals surface area contributed by atoms with Crippen molar-refractivity contribution in [3.63, 3.8) is 0 Å². The number of nitrogens with zero attached hydrogens (tertiary/aromatic N) is 4. The molecule has 0 unspecified atom stereocenters. The van der Waals surface area contributed by atoms with Crippen molar-refractivity contribution in [2.75, 3.05) is 31.1 Å². The molecule has 0 saturated carbocycles. The Hall–Kier alpha value is -2.70. The molecule has 0 radical (unpaired) electrons. The summed E-state index contributed by atoms with van der Waals surface area (Å²) in [5.74, 6) is 1.21. The summed E-state index contributed by atoms with van der Waals surface area (Å²) < 4.78 is 5.39. The van der Waals surface area contributed by atoms with E-state index in [1.54, 1.807) is 18.2 Å². The average Bonchev–Trinajstić information content (AvgIpc) is 2.56. The lowest BCUT2D eigenvalue weighted by molar-refractivity contribution is 0.0710. The Morgan fingerprint density at radius 3 is 2.46 bits per heavy atom. The molecule has 0 N–H and O–H groups in total. The van der Waals surface area contributed by atoms with E-state index in [-0.39, 0.29) is 17.1 Å². The number of carbonyl (C=O) groups excluding carboxylic acids is 1. The van der Waals surface area contributed by atoms with Crippen molar-refractivity contribution < 1.29 is 9.21 Å². The van der Waals surface area contributed by atoms with Gasteiger partial charge < -0.3 is 14.2 Å².